The molecule has 0 aliphatic rings. The van der Waals surface area contributed by atoms with Gasteiger partial charge in [0, 0.05) is 6.04 Å². The van der Waals surface area contributed by atoms with Crippen LogP contribution in [0.2, 0.25) is 0 Å². The van der Waals surface area contributed by atoms with E-state index in [2.05, 4.69) is 12.2 Å². The van der Waals surface area contributed by atoms with Crippen molar-refractivity contribution >= 4 is 5.91 Å². The van der Waals surface area contributed by atoms with Gasteiger partial charge in [-0.1, -0.05) is 12.1 Å². The van der Waals surface area contributed by atoms with Gasteiger partial charge in [0.2, 0.25) is 0 Å². The highest BCUT2D eigenvalue weighted by Crippen LogP contribution is 2.16. The number of amides is 1. The molecular formula is C11H16N2O2. The van der Waals surface area contributed by atoms with Crippen LogP contribution in [0.25, 0.3) is 0 Å². The number of benzene rings is 1. The summed E-state index contributed by atoms with van der Waals surface area (Å²) >= 11 is 0. The van der Waals surface area contributed by atoms with Gasteiger partial charge in [-0.3, -0.25) is 4.79 Å². The third-order valence-corrected chi connectivity index (χ3v) is 2.19. The molecule has 0 saturated carbocycles. The molecular weight excluding hydrogens is 192 g/mol. The maximum Gasteiger partial charge on any atom is 0.255 e. The van der Waals surface area contributed by atoms with Crippen LogP contribution in [0.15, 0.2) is 24.3 Å². The number of rotatable bonds is 5. The Bertz CT molecular complexity index is 322. The van der Waals surface area contributed by atoms with Crippen molar-refractivity contribution in [1.29, 1.82) is 0 Å². The summed E-state index contributed by atoms with van der Waals surface area (Å²) in [6.45, 7) is 1.99. The Morgan fingerprint density at radius 1 is 1.47 bits per heavy atom. The molecule has 0 saturated heterocycles. The number of hydrogen-bond donors (Lipinski definition) is 2. The van der Waals surface area contributed by atoms with Gasteiger partial charge in [-0.05, 0) is 31.7 Å². The monoisotopic (exact) mass is 208 g/mol. The molecule has 1 amide bonds. The van der Waals surface area contributed by atoms with E-state index in [1.165, 1.54) is 5.56 Å². The van der Waals surface area contributed by atoms with Gasteiger partial charge in [0.1, 0.15) is 5.75 Å². The molecule has 82 valence electrons. The van der Waals surface area contributed by atoms with Gasteiger partial charge in [-0.2, -0.15) is 0 Å². The van der Waals surface area contributed by atoms with Crippen LogP contribution in [0.1, 0.15) is 18.5 Å². The molecule has 15 heavy (non-hydrogen) atoms. The van der Waals surface area contributed by atoms with Crippen LogP contribution >= 0.6 is 0 Å². The molecule has 1 atom stereocenters. The normalized spacial score (nSPS) is 12.1. The second kappa shape index (κ2) is 5.36. The topological polar surface area (TPSA) is 64.3 Å². The Morgan fingerprint density at radius 2 is 2.07 bits per heavy atom. The third kappa shape index (κ3) is 3.59. The van der Waals surface area contributed by atoms with Crippen molar-refractivity contribution in [3.05, 3.63) is 29.8 Å². The van der Waals surface area contributed by atoms with E-state index in [9.17, 15) is 4.79 Å². The van der Waals surface area contributed by atoms with Crippen molar-refractivity contribution in [2.45, 2.75) is 13.0 Å². The summed E-state index contributed by atoms with van der Waals surface area (Å²) in [5.74, 6) is 0.184. The Labute approximate surface area is 89.4 Å². The van der Waals surface area contributed by atoms with Gasteiger partial charge in [-0.25, -0.2) is 0 Å². The summed E-state index contributed by atoms with van der Waals surface area (Å²) < 4.78 is 5.14. The highest BCUT2D eigenvalue weighted by atomic mass is 16.5. The van der Waals surface area contributed by atoms with Crippen LogP contribution < -0.4 is 15.8 Å². The lowest BCUT2D eigenvalue weighted by Crippen LogP contribution is -2.20. The number of nitrogens with two attached hydrogens (primary N) is 1. The molecule has 3 N–H and O–H groups in total. The van der Waals surface area contributed by atoms with Crippen LogP contribution in [0, 0.1) is 0 Å². The molecule has 1 rings (SSSR count). The van der Waals surface area contributed by atoms with E-state index in [-0.39, 0.29) is 6.61 Å². The zero-order chi connectivity index (χ0) is 11.3. The number of hydrogen-bond acceptors (Lipinski definition) is 3. The van der Waals surface area contributed by atoms with E-state index in [4.69, 9.17) is 10.5 Å². The van der Waals surface area contributed by atoms with Crippen molar-refractivity contribution in [2.75, 3.05) is 13.7 Å². The summed E-state index contributed by atoms with van der Waals surface area (Å²) in [5.41, 5.74) is 6.14. The van der Waals surface area contributed by atoms with Crippen molar-refractivity contribution in [3.63, 3.8) is 0 Å². The van der Waals surface area contributed by atoms with Crippen LogP contribution in [-0.2, 0) is 4.79 Å². The molecule has 0 radical (unpaired) electrons. The van der Waals surface area contributed by atoms with E-state index in [0.717, 1.165) is 0 Å². The minimum atomic E-state index is -0.470. The smallest absolute Gasteiger partial charge is 0.255 e. The lowest BCUT2D eigenvalue weighted by molar-refractivity contribution is -0.119. The standard InChI is InChI=1S/C11H16N2O2/c1-8(13-2)9-3-5-10(6-4-9)15-7-11(12)14/h3-6,8,13H,7H2,1-2H3,(H2,12,14). The Hall–Kier alpha value is -1.55. The largest absolute Gasteiger partial charge is 0.484 e. The van der Waals surface area contributed by atoms with Gasteiger partial charge >= 0.3 is 0 Å². The molecule has 4 heteroatoms. The number of ether oxygens (including phenoxy) is 1. The summed E-state index contributed by atoms with van der Waals surface area (Å²) in [4.78, 5) is 10.5. The minimum Gasteiger partial charge on any atom is -0.484 e. The first-order chi connectivity index (χ1) is 7.13. The second-order valence-electron chi connectivity index (χ2n) is 3.33. The Morgan fingerprint density at radius 3 is 2.53 bits per heavy atom. The molecule has 1 aromatic rings. The maximum absolute atomic E-state index is 10.5. The lowest BCUT2D eigenvalue weighted by Gasteiger charge is -2.11. The van der Waals surface area contributed by atoms with Crippen molar-refractivity contribution in [1.82, 2.24) is 5.32 Å². The van der Waals surface area contributed by atoms with Gasteiger partial charge in [0.05, 0.1) is 0 Å². The number of carbonyl (C=O) groups excluding carboxylic acids is 1. The zero-order valence-electron chi connectivity index (χ0n) is 8.99. The summed E-state index contributed by atoms with van der Waals surface area (Å²) in [6, 6.07) is 7.86. The quantitative estimate of drug-likeness (QED) is 0.753. The summed E-state index contributed by atoms with van der Waals surface area (Å²) in [6.07, 6.45) is 0. The van der Waals surface area contributed by atoms with Crippen LogP contribution in [0.5, 0.6) is 5.75 Å². The van der Waals surface area contributed by atoms with Gasteiger partial charge < -0.3 is 15.8 Å². The van der Waals surface area contributed by atoms with Gasteiger partial charge in [0.15, 0.2) is 6.61 Å². The van der Waals surface area contributed by atoms with Crippen molar-refractivity contribution in [2.24, 2.45) is 5.73 Å². The SMILES string of the molecule is CNC(C)c1ccc(OCC(N)=O)cc1. The summed E-state index contributed by atoms with van der Waals surface area (Å²) in [7, 11) is 1.90. The molecule has 0 aliphatic carbocycles. The van der Waals surface area contributed by atoms with E-state index < -0.39 is 5.91 Å². The molecule has 0 aromatic heterocycles. The van der Waals surface area contributed by atoms with Crippen molar-refractivity contribution in [3.8, 4) is 5.75 Å². The molecule has 1 unspecified atom stereocenters. The van der Waals surface area contributed by atoms with E-state index in [1.807, 2.05) is 31.3 Å². The molecule has 0 bridgehead atoms. The van der Waals surface area contributed by atoms with Gasteiger partial charge in [0.25, 0.3) is 5.91 Å². The fourth-order valence-corrected chi connectivity index (χ4v) is 1.17. The van der Waals surface area contributed by atoms with Crippen LogP contribution in [0.3, 0.4) is 0 Å². The first-order valence-corrected chi connectivity index (χ1v) is 4.82. The predicted molar refractivity (Wildman–Crippen MR) is 58.6 cm³/mol. The number of carbonyl (C=O) groups is 1. The Balaban J connectivity index is 2.60. The lowest BCUT2D eigenvalue weighted by atomic mass is 10.1. The Kier molecular flexibility index (Phi) is 4.12. The first kappa shape index (κ1) is 11.5. The first-order valence-electron chi connectivity index (χ1n) is 4.82. The molecule has 1 aromatic carbocycles. The predicted octanol–water partition coefficient (Wildman–Crippen LogP) is 0.831. The zero-order valence-corrected chi connectivity index (χ0v) is 8.99. The third-order valence-electron chi connectivity index (χ3n) is 2.19. The van der Waals surface area contributed by atoms with E-state index >= 15 is 0 Å². The van der Waals surface area contributed by atoms with E-state index in [1.54, 1.807) is 0 Å². The summed E-state index contributed by atoms with van der Waals surface area (Å²) in [5, 5.41) is 3.14. The van der Waals surface area contributed by atoms with E-state index in [0.29, 0.717) is 11.8 Å². The number of primary amides is 1. The molecule has 0 fully saturated rings. The highest BCUT2D eigenvalue weighted by Gasteiger charge is 2.02. The van der Waals surface area contributed by atoms with Crippen LogP contribution in [-0.4, -0.2) is 19.6 Å². The average molecular weight is 208 g/mol. The fourth-order valence-electron chi connectivity index (χ4n) is 1.17. The highest BCUT2D eigenvalue weighted by molar-refractivity contribution is 5.75. The van der Waals surface area contributed by atoms with Crippen LogP contribution in [0.4, 0.5) is 0 Å². The molecule has 0 aliphatic heterocycles. The number of nitrogens with one attached hydrogen (secondary N) is 1. The maximum atomic E-state index is 10.5. The molecule has 4 nitrogen and oxygen atoms in total. The van der Waals surface area contributed by atoms with Crippen molar-refractivity contribution < 1.29 is 9.53 Å². The minimum absolute atomic E-state index is 0.0824. The second-order valence-corrected chi connectivity index (χ2v) is 3.33. The fraction of sp³-hybridized carbons (Fsp3) is 0.364. The average Bonchev–Trinajstić information content (AvgIpc) is 2.26. The van der Waals surface area contributed by atoms with Gasteiger partial charge in [-0.15, -0.1) is 0 Å². The molecule has 0 spiro atoms. The molecule has 0 heterocycles.